The molecule has 0 aliphatic heterocycles. The molecule has 0 radical (unpaired) electrons. The standard InChI is InChI=1S/C9H9ClO2/c10-5-1-2-7-6-8(11)3-4-9(7)12/h1,3-6,11-12H,2H2/b5-1+. The number of benzene rings is 1. The molecule has 0 atom stereocenters. The van der Waals surface area contributed by atoms with Crippen LogP contribution >= 0.6 is 11.6 Å². The van der Waals surface area contributed by atoms with Crippen molar-refractivity contribution in [2.75, 3.05) is 0 Å². The third kappa shape index (κ3) is 2.17. The fourth-order valence-electron chi connectivity index (χ4n) is 0.907. The first kappa shape index (κ1) is 8.94. The molecule has 0 heterocycles. The number of rotatable bonds is 2. The maximum absolute atomic E-state index is 9.27. The second-order valence-corrected chi connectivity index (χ2v) is 2.63. The van der Waals surface area contributed by atoms with Gasteiger partial charge in [-0.1, -0.05) is 17.7 Å². The Bertz CT molecular complexity index is 295. The van der Waals surface area contributed by atoms with Gasteiger partial charge in [0, 0.05) is 11.1 Å². The molecule has 0 saturated heterocycles. The van der Waals surface area contributed by atoms with Crippen LogP contribution in [0.25, 0.3) is 0 Å². The normalized spacial score (nSPS) is 10.8. The quantitative estimate of drug-likeness (QED) is 0.693. The molecule has 0 saturated carbocycles. The third-order valence-corrected chi connectivity index (χ3v) is 1.67. The summed E-state index contributed by atoms with van der Waals surface area (Å²) in [5.74, 6) is 0.313. The molecule has 0 amide bonds. The van der Waals surface area contributed by atoms with E-state index in [4.69, 9.17) is 16.7 Å². The molecule has 64 valence electrons. The van der Waals surface area contributed by atoms with Crippen molar-refractivity contribution >= 4 is 11.6 Å². The van der Waals surface area contributed by atoms with Gasteiger partial charge in [-0.15, -0.1) is 0 Å². The Kier molecular flexibility index (Phi) is 3.00. The lowest BCUT2D eigenvalue weighted by molar-refractivity contribution is 0.455. The van der Waals surface area contributed by atoms with Crippen molar-refractivity contribution in [3.63, 3.8) is 0 Å². The van der Waals surface area contributed by atoms with Crippen LogP contribution in [0.3, 0.4) is 0 Å². The second kappa shape index (κ2) is 4.02. The summed E-state index contributed by atoms with van der Waals surface area (Å²) in [6.45, 7) is 0. The number of phenols is 2. The molecule has 0 fully saturated rings. The predicted octanol–water partition coefficient (Wildman–Crippen LogP) is 2.39. The molecular weight excluding hydrogens is 176 g/mol. The van der Waals surface area contributed by atoms with E-state index in [1.165, 1.54) is 23.7 Å². The summed E-state index contributed by atoms with van der Waals surface area (Å²) in [4.78, 5) is 0. The molecule has 1 aromatic carbocycles. The number of aromatic hydroxyl groups is 2. The maximum atomic E-state index is 9.27. The first-order valence-corrected chi connectivity index (χ1v) is 3.94. The van der Waals surface area contributed by atoms with Crippen LogP contribution in [-0.2, 0) is 6.42 Å². The van der Waals surface area contributed by atoms with E-state index in [0.29, 0.717) is 12.0 Å². The van der Waals surface area contributed by atoms with Gasteiger partial charge in [-0.3, -0.25) is 0 Å². The fraction of sp³-hybridized carbons (Fsp3) is 0.111. The Balaban J connectivity index is 2.89. The highest BCUT2D eigenvalue weighted by atomic mass is 35.5. The number of phenolic OH excluding ortho intramolecular Hbond substituents is 2. The van der Waals surface area contributed by atoms with Crippen LogP contribution in [0.2, 0.25) is 0 Å². The van der Waals surface area contributed by atoms with Gasteiger partial charge >= 0.3 is 0 Å². The average Bonchev–Trinajstić information content (AvgIpc) is 2.07. The Morgan fingerprint density at radius 1 is 1.33 bits per heavy atom. The molecule has 0 aliphatic rings. The molecule has 0 spiro atoms. The topological polar surface area (TPSA) is 40.5 Å². The van der Waals surface area contributed by atoms with Gasteiger partial charge in [-0.25, -0.2) is 0 Å². The van der Waals surface area contributed by atoms with E-state index in [0.717, 1.165) is 0 Å². The van der Waals surface area contributed by atoms with E-state index in [1.807, 2.05) is 0 Å². The van der Waals surface area contributed by atoms with E-state index in [2.05, 4.69) is 0 Å². The molecule has 0 unspecified atom stereocenters. The molecule has 1 rings (SSSR count). The number of halogens is 1. The van der Waals surface area contributed by atoms with Crippen molar-refractivity contribution < 1.29 is 10.2 Å². The zero-order chi connectivity index (χ0) is 8.97. The molecule has 12 heavy (non-hydrogen) atoms. The number of hydrogen-bond donors (Lipinski definition) is 2. The van der Waals surface area contributed by atoms with Crippen molar-refractivity contribution in [3.8, 4) is 11.5 Å². The highest BCUT2D eigenvalue weighted by Crippen LogP contribution is 2.22. The third-order valence-electron chi connectivity index (χ3n) is 1.49. The maximum Gasteiger partial charge on any atom is 0.119 e. The summed E-state index contributed by atoms with van der Waals surface area (Å²) >= 11 is 5.32. The highest BCUT2D eigenvalue weighted by molar-refractivity contribution is 6.25. The zero-order valence-electron chi connectivity index (χ0n) is 6.37. The van der Waals surface area contributed by atoms with Gasteiger partial charge in [0.25, 0.3) is 0 Å². The summed E-state index contributed by atoms with van der Waals surface area (Å²) in [5, 5.41) is 18.3. The second-order valence-electron chi connectivity index (χ2n) is 2.38. The minimum absolute atomic E-state index is 0.144. The summed E-state index contributed by atoms with van der Waals surface area (Å²) in [7, 11) is 0. The Morgan fingerprint density at radius 3 is 2.75 bits per heavy atom. The van der Waals surface area contributed by atoms with Crippen molar-refractivity contribution in [3.05, 3.63) is 35.4 Å². The molecule has 3 heteroatoms. The van der Waals surface area contributed by atoms with Crippen LogP contribution in [0.5, 0.6) is 11.5 Å². The van der Waals surface area contributed by atoms with Crippen LogP contribution in [0, 0.1) is 0 Å². The van der Waals surface area contributed by atoms with Gasteiger partial charge < -0.3 is 10.2 Å². The first-order chi connectivity index (χ1) is 5.74. The SMILES string of the molecule is Oc1ccc(O)c(C/C=C/Cl)c1. The number of hydrogen-bond acceptors (Lipinski definition) is 2. The average molecular weight is 185 g/mol. The van der Waals surface area contributed by atoms with E-state index >= 15 is 0 Å². The van der Waals surface area contributed by atoms with E-state index in [1.54, 1.807) is 6.08 Å². The summed E-state index contributed by atoms with van der Waals surface area (Å²) < 4.78 is 0. The summed E-state index contributed by atoms with van der Waals surface area (Å²) in [6.07, 6.45) is 2.21. The Hall–Kier alpha value is -1.15. The Morgan fingerprint density at radius 2 is 2.08 bits per heavy atom. The molecule has 2 N–H and O–H groups in total. The van der Waals surface area contributed by atoms with E-state index in [-0.39, 0.29) is 11.5 Å². The van der Waals surface area contributed by atoms with Crippen molar-refractivity contribution in [2.45, 2.75) is 6.42 Å². The monoisotopic (exact) mass is 184 g/mol. The van der Waals surface area contributed by atoms with Gasteiger partial charge in [-0.05, 0) is 24.6 Å². The lowest BCUT2D eigenvalue weighted by Gasteiger charge is -2.00. The van der Waals surface area contributed by atoms with Crippen LogP contribution in [0.1, 0.15) is 5.56 Å². The summed E-state index contributed by atoms with van der Waals surface area (Å²) in [5.41, 5.74) is 2.04. The molecule has 0 aromatic heterocycles. The molecule has 2 nitrogen and oxygen atoms in total. The van der Waals surface area contributed by atoms with Crippen molar-refractivity contribution in [1.82, 2.24) is 0 Å². The van der Waals surface area contributed by atoms with Crippen LogP contribution < -0.4 is 0 Å². The molecular formula is C9H9ClO2. The largest absolute Gasteiger partial charge is 0.508 e. The van der Waals surface area contributed by atoms with Gasteiger partial charge in [0.1, 0.15) is 11.5 Å². The highest BCUT2D eigenvalue weighted by Gasteiger charge is 1.99. The fourth-order valence-corrected chi connectivity index (χ4v) is 0.996. The van der Waals surface area contributed by atoms with Crippen LogP contribution in [-0.4, -0.2) is 10.2 Å². The lowest BCUT2D eigenvalue weighted by atomic mass is 10.1. The van der Waals surface area contributed by atoms with Crippen molar-refractivity contribution in [2.24, 2.45) is 0 Å². The van der Waals surface area contributed by atoms with Gasteiger partial charge in [0.05, 0.1) is 0 Å². The van der Waals surface area contributed by atoms with Crippen LogP contribution in [0.4, 0.5) is 0 Å². The van der Waals surface area contributed by atoms with Gasteiger partial charge in [-0.2, -0.15) is 0 Å². The predicted molar refractivity (Wildman–Crippen MR) is 48.5 cm³/mol. The minimum atomic E-state index is 0.144. The summed E-state index contributed by atoms with van der Waals surface area (Å²) in [6, 6.07) is 4.39. The van der Waals surface area contributed by atoms with Crippen LogP contribution in [0.15, 0.2) is 29.8 Å². The smallest absolute Gasteiger partial charge is 0.119 e. The number of allylic oxidation sites excluding steroid dienone is 1. The van der Waals surface area contributed by atoms with E-state index in [9.17, 15) is 5.11 Å². The first-order valence-electron chi connectivity index (χ1n) is 3.50. The van der Waals surface area contributed by atoms with Gasteiger partial charge in [0.15, 0.2) is 0 Å². The zero-order valence-corrected chi connectivity index (χ0v) is 7.12. The Labute approximate surface area is 75.7 Å². The van der Waals surface area contributed by atoms with E-state index < -0.39 is 0 Å². The van der Waals surface area contributed by atoms with Gasteiger partial charge in [0.2, 0.25) is 0 Å². The molecule has 0 aliphatic carbocycles. The molecule has 1 aromatic rings. The molecule has 0 bridgehead atoms. The lowest BCUT2D eigenvalue weighted by Crippen LogP contribution is -1.81. The minimum Gasteiger partial charge on any atom is -0.508 e. The van der Waals surface area contributed by atoms with Crippen molar-refractivity contribution in [1.29, 1.82) is 0 Å².